The van der Waals surface area contributed by atoms with Gasteiger partial charge < -0.3 is 4.84 Å². The van der Waals surface area contributed by atoms with Crippen LogP contribution in [-0.2, 0) is 4.84 Å². The van der Waals surface area contributed by atoms with Gasteiger partial charge in [-0.05, 0) is 19.3 Å². The molecule has 1 unspecified atom stereocenters. The Morgan fingerprint density at radius 2 is 2.44 bits per heavy atom. The van der Waals surface area contributed by atoms with Crippen LogP contribution in [0.5, 0.6) is 0 Å². The molecule has 0 amide bonds. The third kappa shape index (κ3) is 1.43. The van der Waals surface area contributed by atoms with Gasteiger partial charge in [0.1, 0.15) is 0 Å². The molecule has 0 aromatic rings. The van der Waals surface area contributed by atoms with E-state index in [2.05, 4.69) is 12.0 Å². The number of rotatable bonds is 2. The first-order chi connectivity index (χ1) is 4.38. The lowest BCUT2D eigenvalue weighted by Crippen LogP contribution is -2.27. The van der Waals surface area contributed by atoms with E-state index in [1.807, 2.05) is 0 Å². The largest absolute Gasteiger partial charge is 0.302 e. The van der Waals surface area contributed by atoms with Gasteiger partial charge in [-0.1, -0.05) is 6.92 Å². The van der Waals surface area contributed by atoms with Crippen LogP contribution in [0.25, 0.3) is 0 Å². The average molecular weight is 129 g/mol. The highest BCUT2D eigenvalue weighted by molar-refractivity contribution is 4.71. The van der Waals surface area contributed by atoms with Crippen LogP contribution in [0.1, 0.15) is 26.2 Å². The van der Waals surface area contributed by atoms with Gasteiger partial charge in [0, 0.05) is 12.6 Å². The minimum Gasteiger partial charge on any atom is -0.302 e. The summed E-state index contributed by atoms with van der Waals surface area (Å²) in [4.78, 5) is 5.15. The molecular weight excluding hydrogens is 114 g/mol. The molecule has 1 aliphatic heterocycles. The van der Waals surface area contributed by atoms with E-state index in [0.717, 1.165) is 6.54 Å². The van der Waals surface area contributed by atoms with Gasteiger partial charge in [-0.25, -0.2) is 0 Å². The van der Waals surface area contributed by atoms with Crippen molar-refractivity contribution < 1.29 is 4.84 Å². The summed E-state index contributed by atoms with van der Waals surface area (Å²) in [5.74, 6) is 0. The fourth-order valence-electron chi connectivity index (χ4n) is 1.46. The van der Waals surface area contributed by atoms with Crippen molar-refractivity contribution in [1.29, 1.82) is 0 Å². The SMILES string of the molecule is CCC1CCCN1OC. The molecule has 0 radical (unpaired) electrons. The lowest BCUT2D eigenvalue weighted by Gasteiger charge is -2.19. The first kappa shape index (κ1) is 7.03. The summed E-state index contributed by atoms with van der Waals surface area (Å²) in [5, 5.41) is 2.08. The van der Waals surface area contributed by atoms with E-state index in [0.29, 0.717) is 6.04 Å². The summed E-state index contributed by atoms with van der Waals surface area (Å²) in [6, 6.07) is 0.690. The van der Waals surface area contributed by atoms with Crippen LogP contribution in [0, 0.1) is 0 Å². The Bertz CT molecular complexity index is 75.0. The van der Waals surface area contributed by atoms with E-state index in [1.165, 1.54) is 19.3 Å². The molecule has 0 bridgehead atoms. The van der Waals surface area contributed by atoms with Gasteiger partial charge >= 0.3 is 0 Å². The lowest BCUT2D eigenvalue weighted by molar-refractivity contribution is -0.141. The van der Waals surface area contributed by atoms with E-state index in [9.17, 15) is 0 Å². The average Bonchev–Trinajstić information content (AvgIpc) is 2.33. The van der Waals surface area contributed by atoms with Crippen molar-refractivity contribution in [2.24, 2.45) is 0 Å². The molecule has 0 saturated carbocycles. The van der Waals surface area contributed by atoms with Crippen molar-refractivity contribution in [1.82, 2.24) is 5.06 Å². The molecule has 0 aromatic heterocycles. The molecule has 0 N–H and O–H groups in total. The fraction of sp³-hybridized carbons (Fsp3) is 1.00. The second-order valence-electron chi connectivity index (χ2n) is 2.53. The Morgan fingerprint density at radius 3 is 2.89 bits per heavy atom. The van der Waals surface area contributed by atoms with Gasteiger partial charge in [0.05, 0.1) is 7.11 Å². The first-order valence-electron chi connectivity index (χ1n) is 3.69. The lowest BCUT2D eigenvalue weighted by atomic mass is 10.2. The zero-order chi connectivity index (χ0) is 6.69. The highest BCUT2D eigenvalue weighted by Gasteiger charge is 2.21. The highest BCUT2D eigenvalue weighted by atomic mass is 16.7. The quantitative estimate of drug-likeness (QED) is 0.559. The monoisotopic (exact) mass is 129 g/mol. The molecule has 9 heavy (non-hydrogen) atoms. The maximum atomic E-state index is 5.15. The van der Waals surface area contributed by atoms with Gasteiger partial charge in [-0.2, -0.15) is 5.06 Å². The molecule has 2 heteroatoms. The molecule has 1 saturated heterocycles. The molecule has 54 valence electrons. The maximum Gasteiger partial charge on any atom is 0.0575 e. The van der Waals surface area contributed by atoms with E-state index in [1.54, 1.807) is 7.11 Å². The fourth-order valence-corrected chi connectivity index (χ4v) is 1.46. The van der Waals surface area contributed by atoms with E-state index in [-0.39, 0.29) is 0 Å². The van der Waals surface area contributed by atoms with Crippen molar-refractivity contribution in [2.75, 3.05) is 13.7 Å². The first-order valence-corrected chi connectivity index (χ1v) is 3.69. The topological polar surface area (TPSA) is 12.5 Å². The minimum absolute atomic E-state index is 0.690. The van der Waals surface area contributed by atoms with Gasteiger partial charge in [0.25, 0.3) is 0 Å². The maximum absolute atomic E-state index is 5.15. The van der Waals surface area contributed by atoms with Crippen LogP contribution in [-0.4, -0.2) is 24.8 Å². The zero-order valence-electron chi connectivity index (χ0n) is 6.26. The van der Waals surface area contributed by atoms with Crippen LogP contribution in [0.3, 0.4) is 0 Å². The second kappa shape index (κ2) is 3.18. The van der Waals surface area contributed by atoms with Gasteiger partial charge in [0.2, 0.25) is 0 Å². The molecule has 0 aromatic carbocycles. The van der Waals surface area contributed by atoms with E-state index < -0.39 is 0 Å². The Hall–Kier alpha value is -0.0800. The second-order valence-corrected chi connectivity index (χ2v) is 2.53. The summed E-state index contributed by atoms with van der Waals surface area (Å²) in [7, 11) is 1.76. The van der Waals surface area contributed by atoms with Crippen LogP contribution < -0.4 is 0 Å². The van der Waals surface area contributed by atoms with Crippen LogP contribution in [0.4, 0.5) is 0 Å². The number of nitrogens with zero attached hydrogens (tertiary/aromatic N) is 1. The molecule has 1 rings (SSSR count). The predicted octanol–water partition coefficient (Wildman–Crippen LogP) is 1.42. The standard InChI is InChI=1S/C7H15NO/c1-3-7-5-4-6-8(7)9-2/h7H,3-6H2,1-2H3. The van der Waals surface area contributed by atoms with E-state index >= 15 is 0 Å². The predicted molar refractivity (Wildman–Crippen MR) is 37.0 cm³/mol. The van der Waals surface area contributed by atoms with Crippen molar-refractivity contribution >= 4 is 0 Å². The Morgan fingerprint density at radius 1 is 1.67 bits per heavy atom. The summed E-state index contributed by atoms with van der Waals surface area (Å²) in [5.41, 5.74) is 0. The van der Waals surface area contributed by atoms with Gasteiger partial charge in [-0.15, -0.1) is 0 Å². The smallest absolute Gasteiger partial charge is 0.0575 e. The summed E-state index contributed by atoms with van der Waals surface area (Å²) in [6.07, 6.45) is 3.82. The zero-order valence-corrected chi connectivity index (χ0v) is 6.26. The number of hydroxylamine groups is 2. The van der Waals surface area contributed by atoms with Crippen LogP contribution in [0.2, 0.25) is 0 Å². The van der Waals surface area contributed by atoms with Crippen molar-refractivity contribution in [2.45, 2.75) is 32.2 Å². The third-order valence-corrected chi connectivity index (χ3v) is 2.03. The normalized spacial score (nSPS) is 29.3. The van der Waals surface area contributed by atoms with Crippen molar-refractivity contribution in [3.8, 4) is 0 Å². The van der Waals surface area contributed by atoms with Crippen molar-refractivity contribution in [3.63, 3.8) is 0 Å². The number of hydrogen-bond donors (Lipinski definition) is 0. The Balaban J connectivity index is 2.32. The Kier molecular flexibility index (Phi) is 2.49. The van der Waals surface area contributed by atoms with Gasteiger partial charge in [-0.3, -0.25) is 0 Å². The molecule has 1 fully saturated rings. The molecule has 2 nitrogen and oxygen atoms in total. The minimum atomic E-state index is 0.690. The van der Waals surface area contributed by atoms with Crippen LogP contribution in [0.15, 0.2) is 0 Å². The molecule has 1 aliphatic rings. The molecule has 1 heterocycles. The summed E-state index contributed by atoms with van der Waals surface area (Å²) < 4.78 is 0. The molecule has 1 atom stereocenters. The molecule has 0 spiro atoms. The van der Waals surface area contributed by atoms with Crippen LogP contribution >= 0.6 is 0 Å². The molecular formula is C7H15NO. The van der Waals surface area contributed by atoms with E-state index in [4.69, 9.17) is 4.84 Å². The Labute approximate surface area is 56.8 Å². The van der Waals surface area contributed by atoms with Crippen molar-refractivity contribution in [3.05, 3.63) is 0 Å². The van der Waals surface area contributed by atoms with Gasteiger partial charge in [0.15, 0.2) is 0 Å². The summed E-state index contributed by atoms with van der Waals surface area (Å²) >= 11 is 0. The third-order valence-electron chi connectivity index (χ3n) is 2.03. The molecule has 0 aliphatic carbocycles. The summed E-state index contributed by atoms with van der Waals surface area (Å²) in [6.45, 7) is 3.33. The number of hydrogen-bond acceptors (Lipinski definition) is 2. The highest BCUT2D eigenvalue weighted by Crippen LogP contribution is 2.18.